The number of carbonyl (C=O) groups excluding carboxylic acids is 1. The Kier molecular flexibility index (Phi) is 4.47. The van der Waals surface area contributed by atoms with E-state index in [0.29, 0.717) is 12.3 Å². The van der Waals surface area contributed by atoms with Gasteiger partial charge in [-0.2, -0.15) is 0 Å². The highest BCUT2D eigenvalue weighted by Crippen LogP contribution is 2.33. The molecule has 1 unspecified atom stereocenters. The molecular weight excluding hydrogens is 258 g/mol. The largest absolute Gasteiger partial charge is 0.480 e. The van der Waals surface area contributed by atoms with E-state index < -0.39 is 17.9 Å². The molecule has 2 rings (SSSR count). The molecule has 0 saturated heterocycles. The molecule has 1 aliphatic rings. The van der Waals surface area contributed by atoms with Crippen LogP contribution < -0.4 is 5.32 Å². The molecule has 1 aromatic heterocycles. The van der Waals surface area contributed by atoms with Gasteiger partial charge in [-0.1, -0.05) is 26.7 Å². The Morgan fingerprint density at radius 2 is 2.10 bits per heavy atom. The van der Waals surface area contributed by atoms with E-state index in [-0.39, 0.29) is 5.76 Å². The van der Waals surface area contributed by atoms with E-state index in [1.807, 2.05) is 13.8 Å². The first-order valence-electron chi connectivity index (χ1n) is 7.20. The third-order valence-electron chi connectivity index (χ3n) is 3.69. The summed E-state index contributed by atoms with van der Waals surface area (Å²) in [5, 5.41) is 11.7. The summed E-state index contributed by atoms with van der Waals surface area (Å²) in [5.74, 6) is 0.0218. The predicted octanol–water partition coefficient (Wildman–Crippen LogP) is 2.39. The van der Waals surface area contributed by atoms with Crippen molar-refractivity contribution in [2.75, 3.05) is 0 Å². The zero-order chi connectivity index (χ0) is 14.7. The zero-order valence-electron chi connectivity index (χ0n) is 11.9. The number of aryl methyl sites for hydroxylation is 2. The number of carbonyl (C=O) groups is 2. The average molecular weight is 279 g/mol. The van der Waals surface area contributed by atoms with Gasteiger partial charge in [0.15, 0.2) is 5.76 Å². The van der Waals surface area contributed by atoms with Gasteiger partial charge in [-0.25, -0.2) is 4.79 Å². The van der Waals surface area contributed by atoms with Crippen molar-refractivity contribution < 1.29 is 19.1 Å². The maximum atomic E-state index is 12.1. The molecule has 110 valence electrons. The van der Waals surface area contributed by atoms with Crippen molar-refractivity contribution in [3.8, 4) is 0 Å². The van der Waals surface area contributed by atoms with Crippen LogP contribution in [-0.4, -0.2) is 23.0 Å². The second-order valence-electron chi connectivity index (χ2n) is 5.31. The monoisotopic (exact) mass is 279 g/mol. The number of carboxylic acid groups (broad SMARTS) is 1. The molecule has 1 fully saturated rings. The SMILES string of the molecule is CCc1cc(C(=O)NC(CC2CC2)C(=O)O)oc1CC. The Balaban J connectivity index is 2.05. The number of rotatable bonds is 7. The topological polar surface area (TPSA) is 79.5 Å². The molecule has 0 aliphatic heterocycles. The van der Waals surface area contributed by atoms with E-state index in [1.165, 1.54) is 0 Å². The van der Waals surface area contributed by atoms with Gasteiger partial charge in [0.25, 0.3) is 5.91 Å². The van der Waals surface area contributed by atoms with Gasteiger partial charge < -0.3 is 14.8 Å². The van der Waals surface area contributed by atoms with Gasteiger partial charge in [-0.15, -0.1) is 0 Å². The number of carboxylic acids is 1. The van der Waals surface area contributed by atoms with Gasteiger partial charge in [0.05, 0.1) is 0 Å². The molecule has 2 N–H and O–H groups in total. The Morgan fingerprint density at radius 1 is 1.40 bits per heavy atom. The van der Waals surface area contributed by atoms with Crippen LogP contribution >= 0.6 is 0 Å². The summed E-state index contributed by atoms with van der Waals surface area (Å²) in [6.07, 6.45) is 4.13. The summed E-state index contributed by atoms with van der Waals surface area (Å²) < 4.78 is 5.51. The summed E-state index contributed by atoms with van der Waals surface area (Å²) >= 11 is 0. The molecule has 1 aromatic rings. The molecule has 0 aromatic carbocycles. The molecule has 0 spiro atoms. The van der Waals surface area contributed by atoms with Crippen molar-refractivity contribution >= 4 is 11.9 Å². The Bertz CT molecular complexity index is 480. The van der Waals surface area contributed by atoms with Crippen molar-refractivity contribution in [3.05, 3.63) is 23.2 Å². The van der Waals surface area contributed by atoms with Crippen LogP contribution in [0.5, 0.6) is 0 Å². The number of nitrogens with one attached hydrogen (secondary N) is 1. The van der Waals surface area contributed by atoms with Gasteiger partial charge >= 0.3 is 5.97 Å². The van der Waals surface area contributed by atoms with E-state index in [0.717, 1.165) is 37.0 Å². The van der Waals surface area contributed by atoms with Crippen LogP contribution in [-0.2, 0) is 17.6 Å². The van der Waals surface area contributed by atoms with Crippen molar-refractivity contribution in [2.45, 2.75) is 52.0 Å². The lowest BCUT2D eigenvalue weighted by Gasteiger charge is -2.12. The summed E-state index contributed by atoms with van der Waals surface area (Å²) in [4.78, 5) is 23.3. The Hall–Kier alpha value is -1.78. The molecule has 1 atom stereocenters. The van der Waals surface area contributed by atoms with Gasteiger partial charge in [-0.05, 0) is 30.4 Å². The van der Waals surface area contributed by atoms with Crippen LogP contribution in [0.4, 0.5) is 0 Å². The van der Waals surface area contributed by atoms with Gasteiger partial charge in [0.1, 0.15) is 11.8 Å². The van der Waals surface area contributed by atoms with Crippen LogP contribution in [0.1, 0.15) is 55.0 Å². The smallest absolute Gasteiger partial charge is 0.326 e. The fourth-order valence-electron chi connectivity index (χ4n) is 2.31. The third-order valence-corrected chi connectivity index (χ3v) is 3.69. The summed E-state index contributed by atoms with van der Waals surface area (Å²) in [6, 6.07) is 0.889. The maximum Gasteiger partial charge on any atom is 0.326 e. The summed E-state index contributed by atoms with van der Waals surface area (Å²) in [7, 11) is 0. The highest BCUT2D eigenvalue weighted by molar-refractivity contribution is 5.94. The minimum Gasteiger partial charge on any atom is -0.480 e. The van der Waals surface area contributed by atoms with Crippen LogP contribution in [0, 0.1) is 5.92 Å². The van der Waals surface area contributed by atoms with E-state index in [1.54, 1.807) is 6.07 Å². The number of hydrogen-bond donors (Lipinski definition) is 2. The number of amides is 1. The van der Waals surface area contributed by atoms with Crippen molar-refractivity contribution in [3.63, 3.8) is 0 Å². The molecular formula is C15H21NO4. The summed E-state index contributed by atoms with van der Waals surface area (Å²) in [5.41, 5.74) is 1.01. The van der Waals surface area contributed by atoms with Gasteiger partial charge in [-0.3, -0.25) is 4.79 Å². The van der Waals surface area contributed by atoms with Gasteiger partial charge in [0, 0.05) is 6.42 Å². The third kappa shape index (κ3) is 3.40. The molecule has 1 heterocycles. The van der Waals surface area contributed by atoms with Crippen LogP contribution in [0.25, 0.3) is 0 Å². The van der Waals surface area contributed by atoms with E-state index in [4.69, 9.17) is 9.52 Å². The Labute approximate surface area is 118 Å². The van der Waals surface area contributed by atoms with Crippen molar-refractivity contribution in [2.24, 2.45) is 5.92 Å². The van der Waals surface area contributed by atoms with Crippen LogP contribution in [0.3, 0.4) is 0 Å². The highest BCUT2D eigenvalue weighted by atomic mass is 16.4. The lowest BCUT2D eigenvalue weighted by Crippen LogP contribution is -2.41. The Morgan fingerprint density at radius 3 is 2.55 bits per heavy atom. The second-order valence-corrected chi connectivity index (χ2v) is 5.31. The van der Waals surface area contributed by atoms with Gasteiger partial charge in [0.2, 0.25) is 0 Å². The minimum atomic E-state index is -0.983. The molecule has 0 radical (unpaired) electrons. The van der Waals surface area contributed by atoms with Crippen LogP contribution in [0.15, 0.2) is 10.5 Å². The summed E-state index contributed by atoms with van der Waals surface area (Å²) in [6.45, 7) is 3.96. The molecule has 0 bridgehead atoms. The molecule has 1 aliphatic carbocycles. The highest BCUT2D eigenvalue weighted by Gasteiger charge is 2.31. The number of aliphatic carboxylic acids is 1. The number of hydrogen-bond acceptors (Lipinski definition) is 3. The second kappa shape index (κ2) is 6.11. The van der Waals surface area contributed by atoms with E-state index in [9.17, 15) is 9.59 Å². The minimum absolute atomic E-state index is 0.209. The molecule has 5 heteroatoms. The quantitative estimate of drug-likeness (QED) is 0.803. The fourth-order valence-corrected chi connectivity index (χ4v) is 2.31. The van der Waals surface area contributed by atoms with Crippen LogP contribution in [0.2, 0.25) is 0 Å². The average Bonchev–Trinajstić information content (AvgIpc) is 3.13. The molecule has 1 saturated carbocycles. The first-order valence-corrected chi connectivity index (χ1v) is 7.20. The lowest BCUT2D eigenvalue weighted by atomic mass is 10.1. The predicted molar refractivity (Wildman–Crippen MR) is 73.7 cm³/mol. The standard InChI is InChI=1S/C15H21NO4/c1-3-10-8-13(20-12(10)4-2)14(17)16-11(15(18)19)7-9-5-6-9/h8-9,11H,3-7H2,1-2H3,(H,16,17)(H,18,19). The van der Waals surface area contributed by atoms with E-state index in [2.05, 4.69) is 5.32 Å². The zero-order valence-corrected chi connectivity index (χ0v) is 11.9. The number of furan rings is 1. The van der Waals surface area contributed by atoms with Crippen molar-refractivity contribution in [1.29, 1.82) is 0 Å². The molecule has 5 nitrogen and oxygen atoms in total. The normalized spacial score (nSPS) is 15.9. The van der Waals surface area contributed by atoms with Crippen molar-refractivity contribution in [1.82, 2.24) is 5.32 Å². The van der Waals surface area contributed by atoms with E-state index >= 15 is 0 Å². The first kappa shape index (κ1) is 14.6. The maximum absolute atomic E-state index is 12.1. The molecule has 1 amide bonds. The lowest BCUT2D eigenvalue weighted by molar-refractivity contribution is -0.139. The molecule has 20 heavy (non-hydrogen) atoms. The first-order chi connectivity index (χ1) is 9.55. The fraction of sp³-hybridized carbons (Fsp3) is 0.600.